The molecule has 4 rings (SSSR count). The Balaban J connectivity index is 1.11. The molecule has 0 radical (unpaired) electrons. The number of aliphatic imine (C=N–C) groups is 1. The Morgan fingerprint density at radius 3 is 2.50 bits per heavy atom. The molecule has 32 heavy (non-hydrogen) atoms. The van der Waals surface area contributed by atoms with E-state index in [1.807, 2.05) is 13.1 Å². The van der Waals surface area contributed by atoms with Gasteiger partial charge in [0.2, 0.25) is 0 Å². The third kappa shape index (κ3) is 6.23. The van der Waals surface area contributed by atoms with Gasteiger partial charge in [-0.3, -0.25) is 14.8 Å². The average molecular weight is 440 g/mol. The van der Waals surface area contributed by atoms with E-state index in [-0.39, 0.29) is 0 Å². The zero-order valence-electron chi connectivity index (χ0n) is 19.5. The Labute approximate surface area is 191 Å². The molecule has 1 N–H and O–H groups in total. The zero-order chi connectivity index (χ0) is 22.2. The van der Waals surface area contributed by atoms with Gasteiger partial charge in [0.1, 0.15) is 6.26 Å². The summed E-state index contributed by atoms with van der Waals surface area (Å²) in [6.45, 7) is 13.6. The first-order valence-corrected chi connectivity index (χ1v) is 11.8. The number of nitrogens with zero attached hydrogens (tertiary/aromatic N) is 6. The first-order chi connectivity index (χ1) is 15.7. The summed E-state index contributed by atoms with van der Waals surface area (Å²) in [5.41, 5.74) is 3.69. The molecule has 0 atom stereocenters. The standard InChI is InChI=1S/C24H37N7O/c1-21-5-3-6-23(19-21)30-14-10-28(11-15-30)9-4-8-26-24(25-2)31-16-12-29(13-17-31)20-22-7-18-32-27-22/h3,5-7,18-19H,4,8-17,20H2,1-2H3,(H,25,26). The molecule has 2 aliphatic rings. The first-order valence-electron chi connectivity index (χ1n) is 11.8. The van der Waals surface area contributed by atoms with Crippen LogP contribution in [0.5, 0.6) is 0 Å². The van der Waals surface area contributed by atoms with Crippen LogP contribution in [0.1, 0.15) is 17.7 Å². The smallest absolute Gasteiger partial charge is 0.193 e. The summed E-state index contributed by atoms with van der Waals surface area (Å²) in [5.74, 6) is 1.02. The van der Waals surface area contributed by atoms with Gasteiger partial charge in [-0.05, 0) is 37.6 Å². The summed E-state index contributed by atoms with van der Waals surface area (Å²) >= 11 is 0. The van der Waals surface area contributed by atoms with Gasteiger partial charge in [-0.15, -0.1) is 0 Å². The quantitative estimate of drug-likeness (QED) is 0.402. The van der Waals surface area contributed by atoms with Crippen LogP contribution in [0.4, 0.5) is 5.69 Å². The Bertz CT molecular complexity index is 838. The van der Waals surface area contributed by atoms with Crippen LogP contribution in [0.15, 0.2) is 46.1 Å². The Hall–Kier alpha value is -2.58. The molecular formula is C24H37N7O. The summed E-state index contributed by atoms with van der Waals surface area (Å²) in [4.78, 5) is 14.4. The number of aryl methyl sites for hydroxylation is 1. The lowest BCUT2D eigenvalue weighted by Crippen LogP contribution is -2.52. The maximum absolute atomic E-state index is 4.94. The molecule has 174 valence electrons. The molecule has 0 bridgehead atoms. The maximum Gasteiger partial charge on any atom is 0.193 e. The van der Waals surface area contributed by atoms with Gasteiger partial charge in [0.25, 0.3) is 0 Å². The van der Waals surface area contributed by atoms with Crippen molar-refractivity contribution >= 4 is 11.6 Å². The number of hydrogen-bond donors (Lipinski definition) is 1. The molecule has 8 nitrogen and oxygen atoms in total. The van der Waals surface area contributed by atoms with E-state index in [1.54, 1.807) is 6.26 Å². The van der Waals surface area contributed by atoms with Crippen LogP contribution >= 0.6 is 0 Å². The lowest BCUT2D eigenvalue weighted by atomic mass is 10.2. The van der Waals surface area contributed by atoms with E-state index in [2.05, 4.69) is 66.3 Å². The van der Waals surface area contributed by atoms with Gasteiger partial charge < -0.3 is 19.6 Å². The highest BCUT2D eigenvalue weighted by atomic mass is 16.5. The summed E-state index contributed by atoms with van der Waals surface area (Å²) in [6.07, 6.45) is 2.77. The molecule has 3 heterocycles. The van der Waals surface area contributed by atoms with Crippen molar-refractivity contribution in [3.63, 3.8) is 0 Å². The second-order valence-electron chi connectivity index (χ2n) is 8.75. The number of guanidine groups is 1. The molecular weight excluding hydrogens is 402 g/mol. The second kappa shape index (κ2) is 11.3. The van der Waals surface area contributed by atoms with Gasteiger partial charge in [0, 0.05) is 84.2 Å². The van der Waals surface area contributed by atoms with E-state index < -0.39 is 0 Å². The minimum absolute atomic E-state index is 0.855. The summed E-state index contributed by atoms with van der Waals surface area (Å²) in [7, 11) is 1.88. The van der Waals surface area contributed by atoms with Crippen molar-refractivity contribution in [3.8, 4) is 0 Å². The molecule has 2 saturated heterocycles. The van der Waals surface area contributed by atoms with Crippen LogP contribution in [0.25, 0.3) is 0 Å². The van der Waals surface area contributed by atoms with Crippen LogP contribution in [-0.2, 0) is 6.54 Å². The molecule has 1 aromatic carbocycles. The lowest BCUT2D eigenvalue weighted by Gasteiger charge is -2.37. The molecule has 0 saturated carbocycles. The van der Waals surface area contributed by atoms with Crippen LogP contribution in [0.3, 0.4) is 0 Å². The molecule has 2 fully saturated rings. The predicted molar refractivity (Wildman–Crippen MR) is 129 cm³/mol. The van der Waals surface area contributed by atoms with Crippen LogP contribution in [0, 0.1) is 6.92 Å². The van der Waals surface area contributed by atoms with E-state index in [1.165, 1.54) is 11.3 Å². The van der Waals surface area contributed by atoms with Crippen molar-refractivity contribution < 1.29 is 4.52 Å². The van der Waals surface area contributed by atoms with Gasteiger partial charge in [-0.2, -0.15) is 0 Å². The number of hydrogen-bond acceptors (Lipinski definition) is 6. The Kier molecular flexibility index (Phi) is 8.01. The normalized spacial score (nSPS) is 18.9. The van der Waals surface area contributed by atoms with Crippen molar-refractivity contribution in [2.75, 3.05) is 77.4 Å². The van der Waals surface area contributed by atoms with Crippen molar-refractivity contribution in [1.29, 1.82) is 0 Å². The van der Waals surface area contributed by atoms with Gasteiger partial charge in [-0.1, -0.05) is 17.3 Å². The fourth-order valence-corrected chi connectivity index (χ4v) is 4.56. The first kappa shape index (κ1) is 22.6. The van der Waals surface area contributed by atoms with Crippen molar-refractivity contribution in [2.45, 2.75) is 19.9 Å². The van der Waals surface area contributed by atoms with Crippen LogP contribution in [-0.4, -0.2) is 98.3 Å². The number of anilines is 1. The third-order valence-electron chi connectivity index (χ3n) is 6.43. The van der Waals surface area contributed by atoms with Crippen molar-refractivity contribution in [2.24, 2.45) is 4.99 Å². The molecule has 0 amide bonds. The highest BCUT2D eigenvalue weighted by Crippen LogP contribution is 2.17. The topological polar surface area (TPSA) is 63.4 Å². The minimum atomic E-state index is 0.855. The zero-order valence-corrected chi connectivity index (χ0v) is 19.5. The number of aromatic nitrogens is 1. The fraction of sp³-hybridized carbons (Fsp3) is 0.583. The lowest BCUT2D eigenvalue weighted by molar-refractivity contribution is 0.169. The number of piperazine rings is 2. The summed E-state index contributed by atoms with van der Waals surface area (Å²) in [5, 5.41) is 7.59. The summed E-state index contributed by atoms with van der Waals surface area (Å²) in [6, 6.07) is 10.8. The van der Waals surface area contributed by atoms with Gasteiger partial charge in [0.15, 0.2) is 5.96 Å². The Morgan fingerprint density at radius 2 is 1.81 bits per heavy atom. The van der Waals surface area contributed by atoms with Gasteiger partial charge in [-0.25, -0.2) is 0 Å². The molecule has 0 spiro atoms. The minimum Gasteiger partial charge on any atom is -0.369 e. The SMILES string of the molecule is CN=C(NCCCN1CCN(c2cccc(C)c2)CC1)N1CCN(Cc2ccon2)CC1. The van der Waals surface area contributed by atoms with Crippen LogP contribution in [0.2, 0.25) is 0 Å². The molecule has 0 aliphatic carbocycles. The molecule has 2 aromatic rings. The largest absolute Gasteiger partial charge is 0.369 e. The molecule has 8 heteroatoms. The van der Waals surface area contributed by atoms with E-state index in [9.17, 15) is 0 Å². The number of nitrogens with one attached hydrogen (secondary N) is 1. The predicted octanol–water partition coefficient (Wildman–Crippen LogP) is 1.89. The fourth-order valence-electron chi connectivity index (χ4n) is 4.56. The highest BCUT2D eigenvalue weighted by Gasteiger charge is 2.20. The Morgan fingerprint density at radius 1 is 1.03 bits per heavy atom. The maximum atomic E-state index is 4.94. The van der Waals surface area contributed by atoms with E-state index in [0.717, 1.165) is 90.1 Å². The van der Waals surface area contributed by atoms with Gasteiger partial charge >= 0.3 is 0 Å². The average Bonchev–Trinajstić information content (AvgIpc) is 3.33. The van der Waals surface area contributed by atoms with E-state index in [4.69, 9.17) is 4.52 Å². The molecule has 0 unspecified atom stereocenters. The van der Waals surface area contributed by atoms with Crippen molar-refractivity contribution in [1.82, 2.24) is 25.2 Å². The van der Waals surface area contributed by atoms with Gasteiger partial charge in [0.05, 0.1) is 5.69 Å². The van der Waals surface area contributed by atoms with E-state index in [0.29, 0.717) is 0 Å². The second-order valence-corrected chi connectivity index (χ2v) is 8.75. The number of rotatable bonds is 7. The molecule has 1 aromatic heterocycles. The van der Waals surface area contributed by atoms with Crippen LogP contribution < -0.4 is 10.2 Å². The number of benzene rings is 1. The monoisotopic (exact) mass is 439 g/mol. The highest BCUT2D eigenvalue weighted by molar-refractivity contribution is 5.79. The van der Waals surface area contributed by atoms with E-state index >= 15 is 0 Å². The summed E-state index contributed by atoms with van der Waals surface area (Å²) < 4.78 is 4.94. The van der Waals surface area contributed by atoms with Crippen molar-refractivity contribution in [3.05, 3.63) is 47.9 Å². The molecule has 2 aliphatic heterocycles. The third-order valence-corrected chi connectivity index (χ3v) is 6.43.